The first-order valence-electron chi connectivity index (χ1n) is 9.42. The number of aliphatic hydroxyl groups is 1. The van der Waals surface area contributed by atoms with Crippen molar-refractivity contribution in [2.75, 3.05) is 6.61 Å². The van der Waals surface area contributed by atoms with Crippen LogP contribution in [0.4, 0.5) is 0 Å². The van der Waals surface area contributed by atoms with Crippen molar-refractivity contribution >= 4 is 17.6 Å². The van der Waals surface area contributed by atoms with E-state index < -0.39 is 0 Å². The number of amides is 2. The summed E-state index contributed by atoms with van der Waals surface area (Å²) >= 11 is 0. The van der Waals surface area contributed by atoms with E-state index in [9.17, 15) is 14.7 Å². The molecule has 1 saturated carbocycles. The van der Waals surface area contributed by atoms with Crippen molar-refractivity contribution in [1.82, 2.24) is 30.2 Å². The maximum absolute atomic E-state index is 12.5. The molecule has 0 spiro atoms. The van der Waals surface area contributed by atoms with E-state index in [-0.39, 0.29) is 42.2 Å². The molecule has 3 rings (SSSR count). The van der Waals surface area contributed by atoms with Gasteiger partial charge in [0.15, 0.2) is 0 Å². The number of nitrogens with one attached hydrogen (secondary N) is 2. The number of aromatic nitrogens is 4. The number of aryl methyl sites for hydroxylation is 1. The third kappa shape index (κ3) is 4.41. The number of fused-ring (bicyclic) bond motifs is 1. The van der Waals surface area contributed by atoms with Crippen LogP contribution >= 0.6 is 0 Å². The fraction of sp³-hybridized carbons (Fsp3) is 0.611. The SMILES string of the molecule is CCC(CO)NC(=O)C1CCC(NC(=O)c2nnc3nc(C)ccn23)CC1. The Morgan fingerprint density at radius 3 is 2.70 bits per heavy atom. The monoisotopic (exact) mass is 374 g/mol. The summed E-state index contributed by atoms with van der Waals surface area (Å²) in [7, 11) is 0. The summed E-state index contributed by atoms with van der Waals surface area (Å²) in [4.78, 5) is 29.1. The van der Waals surface area contributed by atoms with E-state index in [1.165, 1.54) is 0 Å². The van der Waals surface area contributed by atoms with Gasteiger partial charge in [0.25, 0.3) is 11.7 Å². The van der Waals surface area contributed by atoms with Gasteiger partial charge in [0.1, 0.15) is 0 Å². The molecule has 0 aromatic carbocycles. The van der Waals surface area contributed by atoms with Crippen LogP contribution in [0.15, 0.2) is 12.3 Å². The van der Waals surface area contributed by atoms with Crippen LogP contribution in [0.1, 0.15) is 55.3 Å². The Kier molecular flexibility index (Phi) is 6.00. The molecule has 1 unspecified atom stereocenters. The minimum atomic E-state index is -0.285. The Morgan fingerprint density at radius 1 is 1.30 bits per heavy atom. The fourth-order valence-electron chi connectivity index (χ4n) is 3.37. The third-order valence-electron chi connectivity index (χ3n) is 5.11. The van der Waals surface area contributed by atoms with Crippen molar-refractivity contribution in [2.45, 2.75) is 58.0 Å². The molecule has 2 aromatic rings. The van der Waals surface area contributed by atoms with Crippen LogP contribution in [0.2, 0.25) is 0 Å². The van der Waals surface area contributed by atoms with Gasteiger partial charge in [0, 0.05) is 23.9 Å². The van der Waals surface area contributed by atoms with Crippen molar-refractivity contribution in [2.24, 2.45) is 5.92 Å². The maximum atomic E-state index is 12.5. The van der Waals surface area contributed by atoms with Crippen molar-refractivity contribution in [3.05, 3.63) is 23.8 Å². The molecule has 1 fully saturated rings. The summed E-state index contributed by atoms with van der Waals surface area (Å²) in [6.45, 7) is 3.74. The van der Waals surface area contributed by atoms with E-state index >= 15 is 0 Å². The Labute approximate surface area is 157 Å². The number of nitrogens with zero attached hydrogens (tertiary/aromatic N) is 4. The number of carbonyl (C=O) groups excluding carboxylic acids is 2. The van der Waals surface area contributed by atoms with E-state index in [1.54, 1.807) is 16.7 Å². The summed E-state index contributed by atoms with van der Waals surface area (Å²) in [6, 6.07) is 1.62. The second-order valence-electron chi connectivity index (χ2n) is 7.08. The predicted octanol–water partition coefficient (Wildman–Crippen LogP) is 0.608. The van der Waals surface area contributed by atoms with Crippen molar-refractivity contribution in [1.29, 1.82) is 0 Å². The number of hydrogen-bond acceptors (Lipinski definition) is 6. The summed E-state index contributed by atoms with van der Waals surface area (Å²) in [5.41, 5.74) is 0.810. The van der Waals surface area contributed by atoms with E-state index in [0.29, 0.717) is 25.0 Å². The maximum Gasteiger partial charge on any atom is 0.289 e. The molecule has 0 aliphatic heterocycles. The lowest BCUT2D eigenvalue weighted by Gasteiger charge is -2.29. The molecule has 9 nitrogen and oxygen atoms in total. The Balaban J connectivity index is 1.54. The van der Waals surface area contributed by atoms with E-state index in [2.05, 4.69) is 25.8 Å². The highest BCUT2D eigenvalue weighted by atomic mass is 16.3. The van der Waals surface area contributed by atoms with Gasteiger partial charge in [-0.15, -0.1) is 10.2 Å². The van der Waals surface area contributed by atoms with Crippen LogP contribution in [-0.2, 0) is 4.79 Å². The van der Waals surface area contributed by atoms with Crippen LogP contribution in [0.25, 0.3) is 5.78 Å². The second-order valence-corrected chi connectivity index (χ2v) is 7.08. The molecule has 27 heavy (non-hydrogen) atoms. The predicted molar refractivity (Wildman–Crippen MR) is 98.0 cm³/mol. The molecule has 1 aliphatic carbocycles. The van der Waals surface area contributed by atoms with Gasteiger partial charge in [0.2, 0.25) is 11.7 Å². The van der Waals surface area contributed by atoms with Crippen LogP contribution in [-0.4, -0.2) is 55.2 Å². The van der Waals surface area contributed by atoms with E-state index in [4.69, 9.17) is 0 Å². The molecule has 0 radical (unpaired) electrons. The second kappa shape index (κ2) is 8.43. The minimum absolute atomic E-state index is 0.00659. The number of rotatable bonds is 6. The lowest BCUT2D eigenvalue weighted by atomic mass is 9.85. The summed E-state index contributed by atoms with van der Waals surface area (Å²) in [5.74, 6) is 0.249. The van der Waals surface area contributed by atoms with Crippen LogP contribution in [0.5, 0.6) is 0 Å². The quantitative estimate of drug-likeness (QED) is 0.681. The molecular weight excluding hydrogens is 348 g/mol. The smallest absolute Gasteiger partial charge is 0.289 e. The van der Waals surface area contributed by atoms with Gasteiger partial charge in [0.05, 0.1) is 12.6 Å². The summed E-state index contributed by atoms with van der Waals surface area (Å²) < 4.78 is 1.57. The molecule has 2 heterocycles. The van der Waals surface area contributed by atoms with Gasteiger partial charge < -0.3 is 15.7 Å². The normalized spacial score (nSPS) is 21.0. The molecule has 0 saturated heterocycles. The van der Waals surface area contributed by atoms with Gasteiger partial charge in [-0.2, -0.15) is 0 Å². The molecule has 0 bridgehead atoms. The topological polar surface area (TPSA) is 122 Å². The van der Waals surface area contributed by atoms with Gasteiger partial charge in [-0.3, -0.25) is 14.0 Å². The molecule has 2 aromatic heterocycles. The highest BCUT2D eigenvalue weighted by molar-refractivity contribution is 5.91. The molecule has 1 atom stereocenters. The van der Waals surface area contributed by atoms with E-state index in [0.717, 1.165) is 18.5 Å². The van der Waals surface area contributed by atoms with Crippen molar-refractivity contribution in [3.8, 4) is 0 Å². The lowest BCUT2D eigenvalue weighted by molar-refractivity contribution is -0.127. The molecule has 1 aliphatic rings. The lowest BCUT2D eigenvalue weighted by Crippen LogP contribution is -2.44. The number of aliphatic hydroxyl groups excluding tert-OH is 1. The zero-order chi connectivity index (χ0) is 19.4. The highest BCUT2D eigenvalue weighted by Gasteiger charge is 2.29. The Hall–Kier alpha value is -2.55. The number of hydrogen-bond donors (Lipinski definition) is 3. The third-order valence-corrected chi connectivity index (χ3v) is 5.11. The van der Waals surface area contributed by atoms with Crippen LogP contribution in [0.3, 0.4) is 0 Å². The van der Waals surface area contributed by atoms with Crippen molar-refractivity contribution in [3.63, 3.8) is 0 Å². The average Bonchev–Trinajstić information content (AvgIpc) is 3.09. The zero-order valence-electron chi connectivity index (χ0n) is 15.7. The summed E-state index contributed by atoms with van der Waals surface area (Å²) in [5, 5.41) is 23.0. The van der Waals surface area contributed by atoms with Gasteiger partial charge >= 0.3 is 0 Å². The molecule has 3 N–H and O–H groups in total. The van der Waals surface area contributed by atoms with Crippen LogP contribution < -0.4 is 10.6 Å². The van der Waals surface area contributed by atoms with Crippen molar-refractivity contribution < 1.29 is 14.7 Å². The first-order valence-corrected chi connectivity index (χ1v) is 9.42. The van der Waals surface area contributed by atoms with Gasteiger partial charge in [-0.05, 0) is 45.1 Å². The Bertz CT molecular complexity index is 809. The Morgan fingerprint density at radius 2 is 2.04 bits per heavy atom. The number of carbonyl (C=O) groups is 2. The van der Waals surface area contributed by atoms with E-state index in [1.807, 2.05) is 13.8 Å². The van der Waals surface area contributed by atoms with Gasteiger partial charge in [-0.1, -0.05) is 6.92 Å². The largest absolute Gasteiger partial charge is 0.394 e. The summed E-state index contributed by atoms with van der Waals surface area (Å²) in [6.07, 6.45) is 5.31. The molecule has 146 valence electrons. The average molecular weight is 374 g/mol. The first kappa shape index (κ1) is 19.2. The zero-order valence-corrected chi connectivity index (χ0v) is 15.7. The van der Waals surface area contributed by atoms with Crippen LogP contribution in [0, 0.1) is 12.8 Å². The molecule has 2 amide bonds. The van der Waals surface area contributed by atoms with Gasteiger partial charge in [-0.25, -0.2) is 4.98 Å². The minimum Gasteiger partial charge on any atom is -0.394 e. The first-order chi connectivity index (χ1) is 13.0. The molecular formula is C18H26N6O3. The highest BCUT2D eigenvalue weighted by Crippen LogP contribution is 2.25. The fourth-order valence-corrected chi connectivity index (χ4v) is 3.37. The standard InChI is InChI=1S/C18H26N6O3/c1-3-13(10-25)20-16(26)12-4-6-14(7-5-12)21-17(27)15-22-23-18-19-11(2)8-9-24(15)18/h8-9,12-14,25H,3-7,10H2,1-2H3,(H,20,26)(H,21,27). The molecule has 9 heteroatoms.